The fourth-order valence-corrected chi connectivity index (χ4v) is 3.88. The molecule has 0 aliphatic heterocycles. The molecule has 14 nitrogen and oxygen atoms in total. The molecule has 0 radical (unpaired) electrons. The van der Waals surface area contributed by atoms with Gasteiger partial charge in [-0.1, -0.05) is 18.0 Å². The Hall–Kier alpha value is -3.76. The van der Waals surface area contributed by atoms with E-state index in [-0.39, 0.29) is 28.9 Å². The highest BCUT2D eigenvalue weighted by molar-refractivity contribution is 7.96. The van der Waals surface area contributed by atoms with Crippen LogP contribution in [0, 0.1) is 5.92 Å². The summed E-state index contributed by atoms with van der Waals surface area (Å²) in [6.45, 7) is 1.24. The van der Waals surface area contributed by atoms with Crippen LogP contribution in [0.3, 0.4) is 0 Å². The minimum Gasteiger partial charge on any atom is -0.494 e. The summed E-state index contributed by atoms with van der Waals surface area (Å²) in [5.74, 6) is -0.715. The van der Waals surface area contributed by atoms with Crippen molar-refractivity contribution in [2.24, 2.45) is 5.92 Å². The lowest BCUT2D eigenvalue weighted by Gasteiger charge is -2.19. The van der Waals surface area contributed by atoms with Gasteiger partial charge in [0.25, 0.3) is 5.91 Å². The van der Waals surface area contributed by atoms with E-state index in [9.17, 15) is 24.9 Å². The molecule has 7 N–H and O–H groups in total. The molecule has 1 saturated carbocycles. The van der Waals surface area contributed by atoms with Gasteiger partial charge >= 0.3 is 6.10 Å². The summed E-state index contributed by atoms with van der Waals surface area (Å²) in [5.41, 5.74) is 1.63. The lowest BCUT2D eigenvalue weighted by Crippen LogP contribution is -2.48. The van der Waals surface area contributed by atoms with E-state index < -0.39 is 12.0 Å². The monoisotopic (exact) mass is 544 g/mol. The number of nitrogens with zero attached hydrogens (tertiary/aromatic N) is 4. The van der Waals surface area contributed by atoms with Crippen molar-refractivity contribution in [1.82, 2.24) is 30.0 Å². The van der Waals surface area contributed by atoms with Crippen molar-refractivity contribution in [2.45, 2.75) is 25.5 Å². The Kier molecular flexibility index (Phi) is 8.43. The second kappa shape index (κ2) is 11.7. The van der Waals surface area contributed by atoms with Crippen LogP contribution < -0.4 is 25.4 Å². The molecule has 0 bridgehead atoms. The van der Waals surface area contributed by atoms with Crippen LogP contribution in [0.1, 0.15) is 23.2 Å². The highest BCUT2D eigenvalue weighted by Gasteiger charge is 2.30. The fourth-order valence-electron chi connectivity index (χ4n) is 3.58. The van der Waals surface area contributed by atoms with Gasteiger partial charge in [0.2, 0.25) is 5.91 Å². The third kappa shape index (κ3) is 6.96. The molecule has 2 heterocycles. The first kappa shape index (κ1) is 27.3. The van der Waals surface area contributed by atoms with Crippen LogP contribution in [0.5, 0.6) is 5.75 Å². The molecule has 0 spiro atoms. The van der Waals surface area contributed by atoms with Gasteiger partial charge < -0.3 is 30.7 Å². The highest BCUT2D eigenvalue weighted by atomic mass is 32.2. The van der Waals surface area contributed by atoms with Gasteiger partial charge in [-0.05, 0) is 31.2 Å². The molecule has 0 unspecified atom stereocenters. The first-order valence-electron chi connectivity index (χ1n) is 11.6. The average Bonchev–Trinajstić information content (AvgIpc) is 3.62. The Morgan fingerprint density at radius 3 is 2.68 bits per heavy atom. The first-order valence-corrected chi connectivity index (χ1v) is 12.8. The molecule has 4 rings (SSSR count). The van der Waals surface area contributed by atoms with Crippen molar-refractivity contribution in [3.05, 3.63) is 42.2 Å². The number of ether oxygens (including phenoxy) is 1. The van der Waals surface area contributed by atoms with Gasteiger partial charge in [0.1, 0.15) is 11.5 Å². The second-order valence-corrected chi connectivity index (χ2v) is 9.10. The zero-order valence-corrected chi connectivity index (χ0v) is 21.4. The van der Waals surface area contributed by atoms with Crippen molar-refractivity contribution < 1.29 is 29.6 Å². The highest BCUT2D eigenvalue weighted by Crippen LogP contribution is 2.38. The largest absolute Gasteiger partial charge is 0.494 e. The van der Waals surface area contributed by atoms with Gasteiger partial charge in [-0.15, -0.1) is 0 Å². The number of benzene rings is 1. The Bertz CT molecular complexity index is 1310. The normalized spacial score (nSPS) is 13.2. The van der Waals surface area contributed by atoms with Crippen LogP contribution in [-0.4, -0.2) is 73.1 Å². The number of nitrogens with one attached hydrogen (secondary N) is 4. The van der Waals surface area contributed by atoms with Crippen LogP contribution in [0.4, 0.5) is 17.2 Å². The minimum absolute atomic E-state index is 0.0725. The molecule has 3 aromatic rings. The predicted octanol–water partition coefficient (Wildman–Crippen LogP) is 0.626. The van der Waals surface area contributed by atoms with Crippen molar-refractivity contribution in [3.8, 4) is 17.0 Å². The first-order chi connectivity index (χ1) is 18.2. The molecule has 15 heteroatoms. The number of carbonyl (C=O) groups excluding carboxylic acids is 2. The van der Waals surface area contributed by atoms with Crippen LogP contribution >= 0.6 is 11.9 Å². The zero-order valence-electron chi connectivity index (χ0n) is 20.6. The summed E-state index contributed by atoms with van der Waals surface area (Å²) in [6.07, 6.45) is 2.83. The standard InChI is InChI=1S/C23H28N8O6S/c1-37-20-14(18-12-25-31(30-18)9-8-26-38-2)4-3-5-16(20)27-17-10-19(28-21(32)13-6-7-13)24-11-15(17)22(33)29-23(34,35)36/h3-5,10-13,26,34-36H,6-9H2,1-2H3,(H,29,33)(H2,24,27,28,32). The van der Waals surface area contributed by atoms with Gasteiger partial charge in [-0.3, -0.25) is 19.6 Å². The Labute approximate surface area is 221 Å². The number of hydrogen-bond donors (Lipinski definition) is 7. The average molecular weight is 545 g/mol. The van der Waals surface area contributed by atoms with Crippen molar-refractivity contribution >= 4 is 41.0 Å². The van der Waals surface area contributed by atoms with Crippen LogP contribution in [-0.2, 0) is 11.3 Å². The molecule has 0 atom stereocenters. The van der Waals surface area contributed by atoms with Gasteiger partial charge in [0.05, 0.1) is 36.8 Å². The lowest BCUT2D eigenvalue weighted by atomic mass is 10.1. The summed E-state index contributed by atoms with van der Waals surface area (Å²) in [6, 6.07) is 6.68. The van der Waals surface area contributed by atoms with E-state index in [2.05, 4.69) is 30.5 Å². The molecule has 1 aromatic carbocycles. The molecule has 1 aliphatic rings. The van der Waals surface area contributed by atoms with E-state index in [1.54, 1.807) is 34.5 Å². The number of rotatable bonds is 12. The molecule has 38 heavy (non-hydrogen) atoms. The third-order valence-electron chi connectivity index (χ3n) is 5.49. The lowest BCUT2D eigenvalue weighted by molar-refractivity contribution is -0.323. The van der Waals surface area contributed by atoms with Gasteiger partial charge in [-0.2, -0.15) is 15.0 Å². The molecule has 1 fully saturated rings. The van der Waals surface area contributed by atoms with Gasteiger partial charge in [0, 0.05) is 30.3 Å². The smallest absolute Gasteiger partial charge is 0.369 e. The summed E-state index contributed by atoms with van der Waals surface area (Å²) < 4.78 is 8.79. The van der Waals surface area contributed by atoms with E-state index in [1.165, 1.54) is 25.1 Å². The van der Waals surface area contributed by atoms with Crippen molar-refractivity contribution in [2.75, 3.05) is 30.5 Å². The summed E-state index contributed by atoms with van der Waals surface area (Å²) in [5, 5.41) is 43.9. The second-order valence-electron chi connectivity index (χ2n) is 8.40. The van der Waals surface area contributed by atoms with E-state index in [0.29, 0.717) is 35.8 Å². The fraction of sp³-hybridized carbons (Fsp3) is 0.348. The molecule has 2 aromatic heterocycles. The van der Waals surface area contributed by atoms with Gasteiger partial charge in [-0.25, -0.2) is 4.98 Å². The number of amides is 2. The zero-order chi connectivity index (χ0) is 27.3. The summed E-state index contributed by atoms with van der Waals surface area (Å²) >= 11 is 1.50. The molecular weight excluding hydrogens is 516 g/mol. The topological polar surface area (TPSA) is 196 Å². The van der Waals surface area contributed by atoms with E-state index >= 15 is 0 Å². The number of aromatic nitrogens is 4. The van der Waals surface area contributed by atoms with Crippen LogP contribution in [0.15, 0.2) is 36.7 Å². The van der Waals surface area contributed by atoms with Crippen LogP contribution in [0.25, 0.3) is 11.3 Å². The van der Waals surface area contributed by atoms with E-state index in [4.69, 9.17) is 4.74 Å². The Balaban J connectivity index is 1.66. The molecule has 202 valence electrons. The third-order valence-corrected chi connectivity index (χ3v) is 5.98. The maximum absolute atomic E-state index is 12.7. The SMILES string of the molecule is COc1c(Nc2cc(NC(=O)C3CC3)ncc2C(=O)NC(O)(O)O)cccc1-c1cnn(CCNSC)n1. The molecular formula is C23H28N8O6S. The molecule has 1 aliphatic carbocycles. The summed E-state index contributed by atoms with van der Waals surface area (Å²) in [7, 11) is 1.48. The summed E-state index contributed by atoms with van der Waals surface area (Å²) in [4.78, 5) is 30.6. The van der Waals surface area contributed by atoms with Crippen LogP contribution in [0.2, 0.25) is 0 Å². The Morgan fingerprint density at radius 1 is 1.21 bits per heavy atom. The quantitative estimate of drug-likeness (QED) is 0.0955. The van der Waals surface area contributed by atoms with E-state index in [0.717, 1.165) is 19.0 Å². The Morgan fingerprint density at radius 2 is 2.00 bits per heavy atom. The number of hydrogen-bond acceptors (Lipinski definition) is 12. The maximum atomic E-state index is 12.7. The number of methoxy groups -OCH3 is 1. The number of anilines is 3. The number of para-hydroxylation sites is 1. The number of pyridine rings is 1. The predicted molar refractivity (Wildman–Crippen MR) is 139 cm³/mol. The van der Waals surface area contributed by atoms with E-state index in [1.807, 2.05) is 6.26 Å². The molecule has 0 saturated heterocycles. The number of aliphatic hydroxyl groups is 3. The van der Waals surface area contributed by atoms with Crippen molar-refractivity contribution in [3.63, 3.8) is 0 Å². The number of carbonyl (C=O) groups is 2. The van der Waals surface area contributed by atoms with Gasteiger partial charge in [0.15, 0.2) is 5.75 Å². The van der Waals surface area contributed by atoms with Crippen molar-refractivity contribution in [1.29, 1.82) is 0 Å². The maximum Gasteiger partial charge on any atom is 0.369 e. The molecule has 2 amide bonds. The minimum atomic E-state index is -3.44.